The van der Waals surface area contributed by atoms with E-state index in [4.69, 9.17) is 20.5 Å². The lowest BCUT2D eigenvalue weighted by molar-refractivity contribution is 0.0646. The van der Waals surface area contributed by atoms with Gasteiger partial charge in [-0.05, 0) is 30.7 Å². The fourth-order valence-electron chi connectivity index (χ4n) is 1.85. The summed E-state index contributed by atoms with van der Waals surface area (Å²) in [6.07, 6.45) is -1.11. The number of benzene rings is 2. The number of rotatable bonds is 7. The zero-order valence-electron chi connectivity index (χ0n) is 12.5. The molecule has 0 aromatic heterocycles. The molecule has 0 aliphatic heterocycles. The highest BCUT2D eigenvalue weighted by Crippen LogP contribution is 2.27. The molecule has 2 aromatic rings. The molecule has 5 nitrogen and oxygen atoms in total. The van der Waals surface area contributed by atoms with Crippen LogP contribution in [0.4, 0.5) is 0 Å². The summed E-state index contributed by atoms with van der Waals surface area (Å²) in [5, 5.41) is 10.3. The predicted octanol–water partition coefficient (Wildman–Crippen LogP) is 2.79. The van der Waals surface area contributed by atoms with Crippen LogP contribution in [0.15, 0.2) is 53.4 Å². The number of aliphatic hydroxyl groups excluding tert-OH is 1. The summed E-state index contributed by atoms with van der Waals surface area (Å²) in [4.78, 5) is 0.0371. The third-order valence-electron chi connectivity index (χ3n) is 3.03. The van der Waals surface area contributed by atoms with Gasteiger partial charge >= 0.3 is 0 Å². The molecule has 0 radical (unpaired) electrons. The minimum atomic E-state index is -3.90. The topological polar surface area (TPSA) is 72.8 Å². The van der Waals surface area contributed by atoms with Gasteiger partial charge in [-0.1, -0.05) is 41.9 Å². The highest BCUT2D eigenvalue weighted by molar-refractivity contribution is 7.86. The van der Waals surface area contributed by atoms with Gasteiger partial charge in [-0.25, -0.2) is 0 Å². The van der Waals surface area contributed by atoms with Crippen molar-refractivity contribution >= 4 is 21.7 Å². The second-order valence-electron chi connectivity index (χ2n) is 4.90. The Labute approximate surface area is 140 Å². The zero-order chi connectivity index (χ0) is 16.9. The lowest BCUT2D eigenvalue weighted by Crippen LogP contribution is -2.25. The van der Waals surface area contributed by atoms with E-state index < -0.39 is 22.8 Å². The summed E-state index contributed by atoms with van der Waals surface area (Å²) in [5.41, 5.74) is 0.822. The van der Waals surface area contributed by atoms with Crippen LogP contribution in [0.1, 0.15) is 5.56 Å². The number of aliphatic hydroxyl groups is 1. The van der Waals surface area contributed by atoms with Crippen LogP contribution in [-0.4, -0.2) is 32.8 Å². The smallest absolute Gasteiger partial charge is 0.297 e. The summed E-state index contributed by atoms with van der Waals surface area (Å²) >= 11 is 6.01. The number of hydrogen-bond donors (Lipinski definition) is 1. The van der Waals surface area contributed by atoms with Crippen molar-refractivity contribution in [3.63, 3.8) is 0 Å². The Bertz CT molecular complexity index is 726. The molecule has 7 heteroatoms. The van der Waals surface area contributed by atoms with Gasteiger partial charge in [-0.2, -0.15) is 8.42 Å². The molecule has 0 aliphatic carbocycles. The molecule has 2 aromatic carbocycles. The number of ether oxygens (including phenoxy) is 1. The number of hydrogen-bond acceptors (Lipinski definition) is 5. The first-order chi connectivity index (χ1) is 10.9. The van der Waals surface area contributed by atoms with E-state index in [2.05, 4.69) is 0 Å². The minimum Gasteiger partial charge on any atom is -0.489 e. The van der Waals surface area contributed by atoms with Gasteiger partial charge in [0.15, 0.2) is 0 Å². The van der Waals surface area contributed by atoms with Crippen molar-refractivity contribution in [2.24, 2.45) is 0 Å². The van der Waals surface area contributed by atoms with Crippen LogP contribution in [0.25, 0.3) is 0 Å². The maximum atomic E-state index is 11.9. The Balaban J connectivity index is 1.89. The standard InChI is InChI=1S/C16H17ClO5S/c1-12-6-5-9-15(17)16(12)21-10-13(18)11-22-23(19,20)14-7-3-2-4-8-14/h2-9,13,18H,10-11H2,1H3. The number of aryl methyl sites for hydroxylation is 1. The van der Waals surface area contributed by atoms with Gasteiger partial charge in [0.25, 0.3) is 10.1 Å². The van der Waals surface area contributed by atoms with E-state index in [1.54, 1.807) is 30.3 Å². The molecule has 0 spiro atoms. The maximum absolute atomic E-state index is 11.9. The molecule has 0 heterocycles. The zero-order valence-corrected chi connectivity index (χ0v) is 14.0. The van der Waals surface area contributed by atoms with Crippen molar-refractivity contribution in [1.29, 1.82) is 0 Å². The second kappa shape index (κ2) is 7.79. The van der Waals surface area contributed by atoms with Gasteiger partial charge in [0.1, 0.15) is 18.5 Å². The first-order valence-electron chi connectivity index (χ1n) is 6.90. The molecule has 0 amide bonds. The Morgan fingerprint density at radius 2 is 1.78 bits per heavy atom. The van der Waals surface area contributed by atoms with Crippen LogP contribution < -0.4 is 4.74 Å². The largest absolute Gasteiger partial charge is 0.489 e. The highest BCUT2D eigenvalue weighted by atomic mass is 35.5. The lowest BCUT2D eigenvalue weighted by atomic mass is 10.2. The molecule has 0 saturated heterocycles. The molecule has 0 bridgehead atoms. The molecule has 1 unspecified atom stereocenters. The summed E-state index contributed by atoms with van der Waals surface area (Å²) < 4.78 is 34.1. The summed E-state index contributed by atoms with van der Waals surface area (Å²) in [7, 11) is -3.90. The molecule has 2 rings (SSSR count). The third kappa shape index (κ3) is 4.94. The van der Waals surface area contributed by atoms with Crippen LogP contribution in [0.2, 0.25) is 5.02 Å². The van der Waals surface area contributed by atoms with Crippen molar-refractivity contribution in [2.45, 2.75) is 17.9 Å². The second-order valence-corrected chi connectivity index (χ2v) is 6.92. The monoisotopic (exact) mass is 356 g/mol. The Hall–Kier alpha value is -1.60. The molecule has 0 saturated carbocycles. The van der Waals surface area contributed by atoms with E-state index in [1.165, 1.54) is 12.1 Å². The normalized spacial score (nSPS) is 12.8. The van der Waals surface area contributed by atoms with Crippen molar-refractivity contribution in [3.05, 3.63) is 59.1 Å². The van der Waals surface area contributed by atoms with Gasteiger partial charge in [-0.3, -0.25) is 4.18 Å². The van der Waals surface area contributed by atoms with Crippen molar-refractivity contribution in [2.75, 3.05) is 13.2 Å². The van der Waals surface area contributed by atoms with E-state index >= 15 is 0 Å². The van der Waals surface area contributed by atoms with Gasteiger partial charge in [0, 0.05) is 0 Å². The van der Waals surface area contributed by atoms with Crippen LogP contribution in [0.5, 0.6) is 5.75 Å². The average Bonchev–Trinajstić information content (AvgIpc) is 2.53. The van der Waals surface area contributed by atoms with Gasteiger partial charge < -0.3 is 9.84 Å². The summed E-state index contributed by atoms with van der Waals surface area (Å²) in [6, 6.07) is 13.0. The molecular formula is C16H17ClO5S. The molecule has 0 fully saturated rings. The Morgan fingerprint density at radius 3 is 2.43 bits per heavy atom. The van der Waals surface area contributed by atoms with E-state index in [1.807, 2.05) is 13.0 Å². The van der Waals surface area contributed by atoms with E-state index in [-0.39, 0.29) is 11.5 Å². The van der Waals surface area contributed by atoms with Crippen LogP contribution in [0.3, 0.4) is 0 Å². The van der Waals surface area contributed by atoms with Gasteiger partial charge in [-0.15, -0.1) is 0 Å². The SMILES string of the molecule is Cc1cccc(Cl)c1OCC(O)COS(=O)(=O)c1ccccc1. The Morgan fingerprint density at radius 1 is 1.09 bits per heavy atom. The highest BCUT2D eigenvalue weighted by Gasteiger charge is 2.18. The number of halogens is 1. The lowest BCUT2D eigenvalue weighted by Gasteiger charge is -2.15. The van der Waals surface area contributed by atoms with Crippen LogP contribution in [0, 0.1) is 6.92 Å². The van der Waals surface area contributed by atoms with Crippen LogP contribution in [-0.2, 0) is 14.3 Å². The predicted molar refractivity (Wildman–Crippen MR) is 87.3 cm³/mol. The van der Waals surface area contributed by atoms with Gasteiger partial charge in [0.2, 0.25) is 0 Å². The third-order valence-corrected chi connectivity index (χ3v) is 4.62. The minimum absolute atomic E-state index is 0.0371. The summed E-state index contributed by atoms with van der Waals surface area (Å²) in [5.74, 6) is 0.458. The van der Waals surface area contributed by atoms with Gasteiger partial charge in [0.05, 0.1) is 16.5 Å². The first kappa shape index (κ1) is 17.7. The summed E-state index contributed by atoms with van der Waals surface area (Å²) in [6.45, 7) is 1.29. The molecule has 23 heavy (non-hydrogen) atoms. The van der Waals surface area contributed by atoms with Crippen LogP contribution >= 0.6 is 11.6 Å². The maximum Gasteiger partial charge on any atom is 0.297 e. The van der Waals surface area contributed by atoms with Crippen molar-refractivity contribution in [3.8, 4) is 5.75 Å². The molecular weight excluding hydrogens is 340 g/mol. The van der Waals surface area contributed by atoms with E-state index in [0.717, 1.165) is 5.56 Å². The van der Waals surface area contributed by atoms with E-state index in [0.29, 0.717) is 10.8 Å². The fourth-order valence-corrected chi connectivity index (χ4v) is 3.09. The Kier molecular flexibility index (Phi) is 6.01. The molecule has 0 aliphatic rings. The fraction of sp³-hybridized carbons (Fsp3) is 0.250. The van der Waals surface area contributed by atoms with Crippen molar-refractivity contribution < 1.29 is 22.4 Å². The molecule has 1 atom stereocenters. The molecule has 124 valence electrons. The van der Waals surface area contributed by atoms with Crippen molar-refractivity contribution in [1.82, 2.24) is 0 Å². The quantitative estimate of drug-likeness (QED) is 0.772. The first-order valence-corrected chi connectivity index (χ1v) is 8.69. The number of para-hydroxylation sites is 1. The average molecular weight is 357 g/mol. The molecule has 1 N–H and O–H groups in total. The van der Waals surface area contributed by atoms with E-state index in [9.17, 15) is 13.5 Å².